The second-order valence-electron chi connectivity index (χ2n) is 3.69. The van der Waals surface area contributed by atoms with Gasteiger partial charge in [-0.2, -0.15) is 0 Å². The van der Waals surface area contributed by atoms with Crippen molar-refractivity contribution in [2.45, 2.75) is 25.7 Å². The van der Waals surface area contributed by atoms with Crippen LogP contribution in [-0.2, 0) is 11.2 Å². The van der Waals surface area contributed by atoms with Gasteiger partial charge in [-0.1, -0.05) is 18.2 Å². The Bertz CT molecular complexity index is 388. The number of carbonyl (C=O) groups excluding carboxylic acids is 2. The monoisotopic (exact) mass is 220 g/mol. The third-order valence-electron chi connectivity index (χ3n) is 2.40. The summed E-state index contributed by atoms with van der Waals surface area (Å²) in [5.74, 6) is -0.700. The highest BCUT2D eigenvalue weighted by Crippen LogP contribution is 2.12. The summed E-state index contributed by atoms with van der Waals surface area (Å²) < 4.78 is 0. The van der Waals surface area contributed by atoms with Gasteiger partial charge in [0, 0.05) is 12.0 Å². The largest absolute Gasteiger partial charge is 0.370 e. The van der Waals surface area contributed by atoms with Gasteiger partial charge in [0.05, 0.1) is 0 Å². The van der Waals surface area contributed by atoms with Gasteiger partial charge in [0.1, 0.15) is 0 Å². The SMILES string of the molecule is NC(=O)CCCCc1ccccc1C(N)=O. The average Bonchev–Trinajstić information content (AvgIpc) is 2.24. The van der Waals surface area contributed by atoms with Gasteiger partial charge >= 0.3 is 0 Å². The van der Waals surface area contributed by atoms with Crippen LogP contribution in [0.5, 0.6) is 0 Å². The Morgan fingerprint density at radius 2 is 1.75 bits per heavy atom. The van der Waals surface area contributed by atoms with Crippen LogP contribution < -0.4 is 11.5 Å². The molecule has 0 saturated heterocycles. The lowest BCUT2D eigenvalue weighted by Crippen LogP contribution is -2.14. The van der Waals surface area contributed by atoms with Crippen LogP contribution >= 0.6 is 0 Å². The molecule has 0 aliphatic heterocycles. The van der Waals surface area contributed by atoms with Crippen LogP contribution in [0.4, 0.5) is 0 Å². The molecule has 0 radical (unpaired) electrons. The third-order valence-corrected chi connectivity index (χ3v) is 2.40. The van der Waals surface area contributed by atoms with E-state index in [-0.39, 0.29) is 5.91 Å². The summed E-state index contributed by atoms with van der Waals surface area (Å²) in [6.07, 6.45) is 2.70. The van der Waals surface area contributed by atoms with Crippen LogP contribution in [0, 0.1) is 0 Å². The van der Waals surface area contributed by atoms with Crippen LogP contribution in [0.25, 0.3) is 0 Å². The maximum Gasteiger partial charge on any atom is 0.248 e. The fourth-order valence-electron chi connectivity index (χ4n) is 1.59. The van der Waals surface area contributed by atoms with Crippen LogP contribution in [0.2, 0.25) is 0 Å². The highest BCUT2D eigenvalue weighted by atomic mass is 16.1. The summed E-state index contributed by atoms with van der Waals surface area (Å²) in [6.45, 7) is 0. The minimum atomic E-state index is -0.412. The smallest absolute Gasteiger partial charge is 0.248 e. The molecule has 1 aromatic carbocycles. The minimum Gasteiger partial charge on any atom is -0.370 e. The number of benzene rings is 1. The number of primary amides is 2. The molecule has 0 aliphatic carbocycles. The van der Waals surface area contributed by atoms with Gasteiger partial charge in [0.25, 0.3) is 0 Å². The van der Waals surface area contributed by atoms with Crippen LogP contribution in [0.1, 0.15) is 35.2 Å². The fraction of sp³-hybridized carbons (Fsp3) is 0.333. The second-order valence-corrected chi connectivity index (χ2v) is 3.69. The molecule has 2 amide bonds. The Hall–Kier alpha value is -1.84. The van der Waals surface area contributed by atoms with E-state index in [1.165, 1.54) is 0 Å². The zero-order valence-corrected chi connectivity index (χ0v) is 9.11. The second kappa shape index (κ2) is 5.90. The Labute approximate surface area is 94.6 Å². The molecule has 0 spiro atoms. The molecule has 1 rings (SSSR count). The minimum absolute atomic E-state index is 0.289. The van der Waals surface area contributed by atoms with Crippen molar-refractivity contribution >= 4 is 11.8 Å². The molecule has 4 heteroatoms. The molecule has 1 aromatic rings. The number of aryl methyl sites for hydroxylation is 1. The summed E-state index contributed by atoms with van der Waals surface area (Å²) in [7, 11) is 0. The van der Waals surface area contributed by atoms with E-state index in [0.29, 0.717) is 12.0 Å². The van der Waals surface area contributed by atoms with Crippen molar-refractivity contribution in [2.75, 3.05) is 0 Å². The highest BCUT2D eigenvalue weighted by molar-refractivity contribution is 5.94. The molecule has 0 bridgehead atoms. The van der Waals surface area contributed by atoms with E-state index in [1.807, 2.05) is 12.1 Å². The van der Waals surface area contributed by atoms with Crippen molar-refractivity contribution in [3.63, 3.8) is 0 Å². The first-order valence-corrected chi connectivity index (χ1v) is 5.27. The molecule has 16 heavy (non-hydrogen) atoms. The van der Waals surface area contributed by atoms with E-state index in [2.05, 4.69) is 0 Å². The molecule has 0 unspecified atom stereocenters. The fourth-order valence-corrected chi connectivity index (χ4v) is 1.59. The molecule has 4 N–H and O–H groups in total. The first kappa shape index (κ1) is 12.2. The van der Waals surface area contributed by atoms with Gasteiger partial charge in [-0.25, -0.2) is 0 Å². The van der Waals surface area contributed by atoms with E-state index >= 15 is 0 Å². The summed E-state index contributed by atoms with van der Waals surface area (Å²) in [5.41, 5.74) is 11.8. The van der Waals surface area contributed by atoms with E-state index in [9.17, 15) is 9.59 Å². The van der Waals surface area contributed by atoms with Crippen molar-refractivity contribution in [2.24, 2.45) is 11.5 Å². The van der Waals surface area contributed by atoms with Crippen LogP contribution in [0.3, 0.4) is 0 Å². The van der Waals surface area contributed by atoms with Gasteiger partial charge in [0.15, 0.2) is 0 Å². The zero-order chi connectivity index (χ0) is 12.0. The molecule has 0 heterocycles. The predicted molar refractivity (Wildman–Crippen MR) is 61.7 cm³/mol. The molecule has 0 saturated carbocycles. The molecule has 0 aromatic heterocycles. The predicted octanol–water partition coefficient (Wildman–Crippen LogP) is 0.984. The number of carbonyl (C=O) groups is 2. The molecule has 86 valence electrons. The van der Waals surface area contributed by atoms with Gasteiger partial charge in [-0.15, -0.1) is 0 Å². The van der Waals surface area contributed by atoms with Gasteiger partial charge in [-0.05, 0) is 30.9 Å². The molecular weight excluding hydrogens is 204 g/mol. The number of hydrogen-bond acceptors (Lipinski definition) is 2. The molecule has 0 aliphatic rings. The number of unbranched alkanes of at least 4 members (excludes halogenated alkanes) is 1. The summed E-state index contributed by atoms with van der Waals surface area (Å²) >= 11 is 0. The Morgan fingerprint density at radius 1 is 1.06 bits per heavy atom. The third kappa shape index (κ3) is 3.73. The number of amides is 2. The first-order chi connectivity index (χ1) is 7.61. The first-order valence-electron chi connectivity index (χ1n) is 5.27. The number of nitrogens with two attached hydrogens (primary N) is 2. The lowest BCUT2D eigenvalue weighted by molar-refractivity contribution is -0.118. The number of rotatable bonds is 6. The maximum absolute atomic E-state index is 11.1. The van der Waals surface area contributed by atoms with Crippen molar-refractivity contribution in [1.29, 1.82) is 0 Å². The van der Waals surface area contributed by atoms with Gasteiger partial charge in [-0.3, -0.25) is 9.59 Å². The van der Waals surface area contributed by atoms with Crippen molar-refractivity contribution < 1.29 is 9.59 Å². The lowest BCUT2D eigenvalue weighted by atomic mass is 10.0. The molecule has 0 atom stereocenters. The maximum atomic E-state index is 11.1. The average molecular weight is 220 g/mol. The Kier molecular flexibility index (Phi) is 4.51. The van der Waals surface area contributed by atoms with E-state index in [4.69, 9.17) is 11.5 Å². The van der Waals surface area contributed by atoms with E-state index < -0.39 is 5.91 Å². The highest BCUT2D eigenvalue weighted by Gasteiger charge is 2.06. The quantitative estimate of drug-likeness (QED) is 0.700. The summed E-state index contributed by atoms with van der Waals surface area (Å²) in [6, 6.07) is 7.25. The summed E-state index contributed by atoms with van der Waals surface area (Å²) in [5, 5.41) is 0. The lowest BCUT2D eigenvalue weighted by Gasteiger charge is -2.05. The topological polar surface area (TPSA) is 86.2 Å². The Balaban J connectivity index is 2.53. The van der Waals surface area contributed by atoms with E-state index in [0.717, 1.165) is 24.8 Å². The molecule has 0 fully saturated rings. The zero-order valence-electron chi connectivity index (χ0n) is 9.11. The van der Waals surface area contributed by atoms with Gasteiger partial charge in [0.2, 0.25) is 11.8 Å². The summed E-state index contributed by atoms with van der Waals surface area (Å²) in [4.78, 5) is 21.6. The molecule has 4 nitrogen and oxygen atoms in total. The Morgan fingerprint density at radius 3 is 2.38 bits per heavy atom. The van der Waals surface area contributed by atoms with Crippen molar-refractivity contribution in [1.82, 2.24) is 0 Å². The number of hydrogen-bond donors (Lipinski definition) is 2. The van der Waals surface area contributed by atoms with Crippen molar-refractivity contribution in [3.05, 3.63) is 35.4 Å². The van der Waals surface area contributed by atoms with Crippen molar-refractivity contribution in [3.8, 4) is 0 Å². The standard InChI is InChI=1S/C12H16N2O2/c13-11(15)8-4-2-6-9-5-1-3-7-10(9)12(14)16/h1,3,5,7H,2,4,6,8H2,(H2,13,15)(H2,14,16). The normalized spacial score (nSPS) is 10.0. The van der Waals surface area contributed by atoms with Crippen LogP contribution in [-0.4, -0.2) is 11.8 Å². The van der Waals surface area contributed by atoms with E-state index in [1.54, 1.807) is 12.1 Å². The molecular formula is C12H16N2O2. The van der Waals surface area contributed by atoms with Gasteiger partial charge < -0.3 is 11.5 Å². The van der Waals surface area contributed by atoms with Crippen LogP contribution in [0.15, 0.2) is 24.3 Å².